The predicted molar refractivity (Wildman–Crippen MR) is 238 cm³/mol. The third-order valence-electron chi connectivity index (χ3n) is 16.1. The van der Waals surface area contributed by atoms with Crippen molar-refractivity contribution >= 4 is 23.3 Å². The number of fused-ring (bicyclic) bond motifs is 8. The summed E-state index contributed by atoms with van der Waals surface area (Å²) in [4.78, 5) is 45.8. The summed E-state index contributed by atoms with van der Waals surface area (Å²) in [6, 6.07) is 9.40. The van der Waals surface area contributed by atoms with Gasteiger partial charge in [-0.1, -0.05) is 38.1 Å². The Morgan fingerprint density at radius 2 is 1.51 bits per heavy atom. The second kappa shape index (κ2) is 20.4. The van der Waals surface area contributed by atoms with Crippen LogP contribution in [0.2, 0.25) is 0 Å². The lowest BCUT2D eigenvalue weighted by Gasteiger charge is -2.49. The molecule has 0 bridgehead atoms. The first-order valence-corrected chi connectivity index (χ1v) is 24.0. The van der Waals surface area contributed by atoms with Gasteiger partial charge >= 0.3 is 11.9 Å². The maximum atomic E-state index is 15.2. The monoisotopic (exact) mass is 902 g/mol. The summed E-state index contributed by atoms with van der Waals surface area (Å²) in [6.07, 6.45) is 5.33. The zero-order valence-corrected chi connectivity index (χ0v) is 39.6. The van der Waals surface area contributed by atoms with E-state index in [1.165, 1.54) is 0 Å². The summed E-state index contributed by atoms with van der Waals surface area (Å²) in [5.41, 5.74) is 2.18. The number of allylic oxidation sites excluding steroid dienone is 2. The van der Waals surface area contributed by atoms with E-state index in [1.54, 1.807) is 45.6 Å². The molecule has 356 valence electrons. The van der Waals surface area contributed by atoms with Crippen molar-refractivity contribution in [3.05, 3.63) is 53.1 Å². The van der Waals surface area contributed by atoms with Gasteiger partial charge < -0.3 is 47.5 Å². The van der Waals surface area contributed by atoms with Crippen LogP contribution in [0.25, 0.3) is 5.57 Å². The Hall–Kier alpha value is -3.52. The number of methoxy groups -OCH3 is 3. The first kappa shape index (κ1) is 48.0. The van der Waals surface area contributed by atoms with Gasteiger partial charge in [-0.05, 0) is 120 Å². The molecule has 5 fully saturated rings. The maximum Gasteiger partial charge on any atom is 0.338 e. The van der Waals surface area contributed by atoms with Crippen molar-refractivity contribution in [3.8, 4) is 6.07 Å². The fourth-order valence-corrected chi connectivity index (χ4v) is 12.8. The molecule has 7 aliphatic rings. The second-order valence-corrected chi connectivity index (χ2v) is 19.8. The van der Waals surface area contributed by atoms with Crippen LogP contribution in [-0.2, 0) is 57.0 Å². The van der Waals surface area contributed by atoms with Crippen molar-refractivity contribution in [2.45, 2.75) is 159 Å². The molecule has 5 unspecified atom stereocenters. The third-order valence-corrected chi connectivity index (χ3v) is 16.1. The summed E-state index contributed by atoms with van der Waals surface area (Å²) in [5, 5.41) is 9.50. The highest BCUT2D eigenvalue weighted by molar-refractivity contribution is 6.17. The zero-order chi connectivity index (χ0) is 46.3. The van der Waals surface area contributed by atoms with Gasteiger partial charge in [-0.3, -0.25) is 9.59 Å². The minimum absolute atomic E-state index is 0.00463. The Kier molecular flexibility index (Phi) is 15.0. The van der Waals surface area contributed by atoms with Gasteiger partial charge in [0.05, 0.1) is 48.0 Å². The van der Waals surface area contributed by atoms with Gasteiger partial charge in [0, 0.05) is 51.0 Å². The number of Topliss-reactive ketones (excluding diaryl/α,β-unsaturated/α-hetero) is 1. The summed E-state index contributed by atoms with van der Waals surface area (Å²) < 4.78 is 57.0. The van der Waals surface area contributed by atoms with Gasteiger partial charge in [-0.2, -0.15) is 5.26 Å². The molecule has 8 rings (SSSR count). The van der Waals surface area contributed by atoms with Gasteiger partial charge in [0.15, 0.2) is 18.4 Å². The Morgan fingerprint density at radius 1 is 0.800 bits per heavy atom. The van der Waals surface area contributed by atoms with Gasteiger partial charge in [-0.25, -0.2) is 4.79 Å². The lowest BCUT2D eigenvalue weighted by molar-refractivity contribution is -0.314. The Balaban J connectivity index is 1.15. The number of hydrogen-bond donors (Lipinski definition) is 0. The maximum absolute atomic E-state index is 15.2. The average molecular weight is 903 g/mol. The molecule has 3 saturated heterocycles. The number of carbonyl (C=O) groups is 3. The van der Waals surface area contributed by atoms with Gasteiger partial charge in [-0.15, -0.1) is 0 Å². The largest absolute Gasteiger partial charge is 0.462 e. The first-order chi connectivity index (χ1) is 31.3. The van der Waals surface area contributed by atoms with Crippen LogP contribution >= 0.6 is 0 Å². The van der Waals surface area contributed by atoms with Crippen LogP contribution in [0, 0.1) is 52.8 Å². The number of ether oxygens (including phenoxy) is 9. The third kappa shape index (κ3) is 9.51. The number of nitriles is 1. The van der Waals surface area contributed by atoms with E-state index >= 15 is 4.79 Å². The van der Waals surface area contributed by atoms with Crippen molar-refractivity contribution < 1.29 is 57.0 Å². The molecule has 0 aromatic heterocycles. The van der Waals surface area contributed by atoms with Crippen molar-refractivity contribution in [3.63, 3.8) is 0 Å². The first-order valence-electron chi connectivity index (χ1n) is 24.0. The number of ketones is 1. The fourth-order valence-electron chi connectivity index (χ4n) is 12.8. The topological polar surface area (TPSA) is 161 Å². The molecule has 2 saturated carbocycles. The second-order valence-electron chi connectivity index (χ2n) is 19.8. The standard InChI is InChI=1S/C51H70N2O12/c1-10-31-12-11-13-41(64-43-19-18-40(53(5)6)27(3)60-43)26(2)45(55)38-23-36-34-20-32(63-51-49(59-9)48(58-8)46(57-7)28(4)61-51)21-35(34)39-22-33(30-16-14-29(25-52)15-17-30)50(56)65-47(39)44(36)37(38)24-42(54)62-31/h14-17,22-23,26-28,31-32,34-37,39-41,43-44,46-49,51H,10-13,18-21,24H2,1-9H3/t26-,27?,28?,31+,32+,34-,35-,36+,37-,39?,40+,41+,43+,44-,46+,47?,48?,49+,51+/m1/s1. The molecular formula is C51H70N2O12. The lowest BCUT2D eigenvalue weighted by atomic mass is 9.59. The van der Waals surface area contributed by atoms with E-state index in [1.807, 2.05) is 20.8 Å². The summed E-state index contributed by atoms with van der Waals surface area (Å²) in [6.45, 7) is 8.01. The van der Waals surface area contributed by atoms with Crippen LogP contribution in [-0.4, -0.2) is 132 Å². The molecule has 4 heterocycles. The molecule has 14 heteroatoms. The molecule has 1 aromatic carbocycles. The van der Waals surface area contributed by atoms with Crippen LogP contribution < -0.4 is 0 Å². The van der Waals surface area contributed by atoms with E-state index in [0.717, 1.165) is 19.3 Å². The van der Waals surface area contributed by atoms with Gasteiger partial charge in [0.25, 0.3) is 0 Å². The highest BCUT2D eigenvalue weighted by Crippen LogP contribution is 2.61. The quantitative estimate of drug-likeness (QED) is 0.236. The molecule has 65 heavy (non-hydrogen) atoms. The zero-order valence-electron chi connectivity index (χ0n) is 39.6. The van der Waals surface area contributed by atoms with Crippen molar-refractivity contribution in [2.75, 3.05) is 35.4 Å². The van der Waals surface area contributed by atoms with E-state index < -0.39 is 54.8 Å². The van der Waals surface area contributed by atoms with Gasteiger partial charge in [0.1, 0.15) is 30.5 Å². The summed E-state index contributed by atoms with van der Waals surface area (Å²) in [5.74, 6) is -2.73. The van der Waals surface area contributed by atoms with E-state index in [-0.39, 0.29) is 84.3 Å². The Bertz CT molecular complexity index is 1980. The highest BCUT2D eigenvalue weighted by Gasteiger charge is 2.62. The number of benzene rings is 1. The molecule has 0 amide bonds. The lowest BCUT2D eigenvalue weighted by Crippen LogP contribution is -2.59. The van der Waals surface area contributed by atoms with Crippen molar-refractivity contribution in [2.24, 2.45) is 41.4 Å². The van der Waals surface area contributed by atoms with Crippen LogP contribution in [0.3, 0.4) is 0 Å². The molecular weight excluding hydrogens is 833 g/mol. The molecule has 4 aliphatic heterocycles. The van der Waals surface area contributed by atoms with Crippen molar-refractivity contribution in [1.82, 2.24) is 4.90 Å². The SMILES string of the molecule is CC[C@H]1CCC[C@H](O[C@H]2CC[C@H](N(C)C)C(C)O2)[C@@H](C)C(=O)C2=C[C@H]3[C@@H]4C[C@H](O[C@@H]5OC(C)[C@H](OC)C(OC)[C@@H]5OC)C[C@H]4C4C=C(c5ccc(C#N)cc5)C(=O)OC4[C@H]3[C@@H]2CC(=O)O1. The molecule has 0 radical (unpaired) electrons. The smallest absolute Gasteiger partial charge is 0.338 e. The molecule has 0 spiro atoms. The van der Waals surface area contributed by atoms with Crippen LogP contribution in [0.5, 0.6) is 0 Å². The van der Waals surface area contributed by atoms with E-state index in [9.17, 15) is 14.9 Å². The van der Waals surface area contributed by atoms with Crippen molar-refractivity contribution in [1.29, 1.82) is 5.26 Å². The average Bonchev–Trinajstić information content (AvgIpc) is 3.89. The minimum Gasteiger partial charge on any atom is -0.462 e. The minimum atomic E-state index is -0.737. The number of rotatable bonds is 10. The van der Waals surface area contributed by atoms with Crippen LogP contribution in [0.1, 0.15) is 96.6 Å². The number of carbonyl (C=O) groups excluding carboxylic acids is 3. The Labute approximate surface area is 384 Å². The number of likely N-dealkylation sites (N-methyl/N-ethyl adjacent to an activating group) is 1. The molecule has 19 atom stereocenters. The molecule has 0 N–H and O–H groups in total. The Morgan fingerprint density at radius 3 is 2.15 bits per heavy atom. The normalized spacial score (nSPS) is 42.2. The van der Waals surface area contributed by atoms with E-state index in [0.29, 0.717) is 54.4 Å². The van der Waals surface area contributed by atoms with Crippen LogP contribution in [0.15, 0.2) is 42.0 Å². The summed E-state index contributed by atoms with van der Waals surface area (Å²) in [7, 11) is 9.02. The van der Waals surface area contributed by atoms with Crippen LogP contribution in [0.4, 0.5) is 0 Å². The highest BCUT2D eigenvalue weighted by atomic mass is 16.7. The fraction of sp³-hybridized carbons (Fsp3) is 0.725. The number of nitrogens with zero attached hydrogens (tertiary/aromatic N) is 2. The van der Waals surface area contributed by atoms with E-state index in [2.05, 4.69) is 44.1 Å². The van der Waals surface area contributed by atoms with E-state index in [4.69, 9.17) is 42.6 Å². The number of esters is 2. The predicted octanol–water partition coefficient (Wildman–Crippen LogP) is 6.43. The number of cyclic esters (lactones) is 1. The molecule has 1 aromatic rings. The molecule has 14 nitrogen and oxygen atoms in total. The van der Waals surface area contributed by atoms with Gasteiger partial charge in [0.2, 0.25) is 0 Å². The molecule has 3 aliphatic carbocycles. The summed E-state index contributed by atoms with van der Waals surface area (Å²) >= 11 is 0. The number of hydrogen-bond acceptors (Lipinski definition) is 14.